The first kappa shape index (κ1) is 12.9. The molecule has 2 N–H and O–H groups in total. The number of amides is 1. The smallest absolute Gasteiger partial charge is 0.254 e. The van der Waals surface area contributed by atoms with E-state index >= 15 is 0 Å². The second-order valence-corrected chi connectivity index (χ2v) is 4.71. The van der Waals surface area contributed by atoms with E-state index < -0.39 is 5.91 Å². The van der Waals surface area contributed by atoms with Crippen molar-refractivity contribution < 1.29 is 9.36 Å². The quantitative estimate of drug-likeness (QED) is 0.863. The lowest BCUT2D eigenvalue weighted by molar-refractivity contribution is -0.688. The van der Waals surface area contributed by atoms with Gasteiger partial charge in [0.1, 0.15) is 5.56 Å². The highest BCUT2D eigenvalue weighted by molar-refractivity contribution is 6.35. The van der Waals surface area contributed by atoms with Crippen molar-refractivity contribution in [2.45, 2.75) is 6.54 Å². The number of primary amides is 1. The molecule has 0 spiro atoms. The summed E-state index contributed by atoms with van der Waals surface area (Å²) in [6, 6.07) is 8.76. The van der Waals surface area contributed by atoms with Crippen molar-refractivity contribution in [2.24, 2.45) is 5.73 Å². The molecular formula is C13H11Cl2N2O+. The number of aromatic nitrogens is 1. The molecule has 0 aliphatic carbocycles. The molecule has 5 heteroatoms. The van der Waals surface area contributed by atoms with Gasteiger partial charge in [-0.05, 0) is 24.3 Å². The van der Waals surface area contributed by atoms with Crippen molar-refractivity contribution in [3.05, 3.63) is 63.9 Å². The minimum atomic E-state index is -0.452. The van der Waals surface area contributed by atoms with Crippen LogP contribution in [0.3, 0.4) is 0 Å². The summed E-state index contributed by atoms with van der Waals surface area (Å²) in [7, 11) is 0. The second kappa shape index (κ2) is 5.38. The van der Waals surface area contributed by atoms with Gasteiger partial charge in [0.2, 0.25) is 0 Å². The summed E-state index contributed by atoms with van der Waals surface area (Å²) in [5, 5.41) is 1.19. The number of carbonyl (C=O) groups is 1. The van der Waals surface area contributed by atoms with Crippen molar-refractivity contribution >= 4 is 29.1 Å². The molecule has 18 heavy (non-hydrogen) atoms. The van der Waals surface area contributed by atoms with Crippen LogP contribution < -0.4 is 10.3 Å². The van der Waals surface area contributed by atoms with Crippen LogP contribution in [0, 0.1) is 0 Å². The molecule has 0 unspecified atom stereocenters. The van der Waals surface area contributed by atoms with E-state index in [0.29, 0.717) is 22.2 Å². The molecule has 2 aromatic rings. The van der Waals surface area contributed by atoms with Gasteiger partial charge in [-0.15, -0.1) is 0 Å². The maximum Gasteiger partial charge on any atom is 0.254 e. The lowest BCUT2D eigenvalue weighted by atomic mass is 10.2. The second-order valence-electron chi connectivity index (χ2n) is 3.86. The summed E-state index contributed by atoms with van der Waals surface area (Å²) < 4.78 is 1.84. The number of pyridine rings is 1. The Morgan fingerprint density at radius 3 is 2.72 bits per heavy atom. The third kappa shape index (κ3) is 3.00. The molecule has 0 saturated carbocycles. The average Bonchev–Trinajstić information content (AvgIpc) is 2.33. The molecule has 0 atom stereocenters. The number of nitrogens with zero attached hydrogens (tertiary/aromatic N) is 1. The zero-order chi connectivity index (χ0) is 13.1. The van der Waals surface area contributed by atoms with Crippen LogP contribution in [0.25, 0.3) is 0 Å². The highest BCUT2D eigenvalue weighted by Crippen LogP contribution is 2.20. The van der Waals surface area contributed by atoms with Crippen LogP contribution in [-0.2, 0) is 6.54 Å². The van der Waals surface area contributed by atoms with Crippen molar-refractivity contribution in [3.63, 3.8) is 0 Å². The van der Waals surface area contributed by atoms with Crippen LogP contribution in [0.5, 0.6) is 0 Å². The number of hydrogen-bond donors (Lipinski definition) is 1. The maximum atomic E-state index is 11.1. The minimum absolute atomic E-state index is 0.452. The molecule has 0 bridgehead atoms. The van der Waals surface area contributed by atoms with Gasteiger partial charge < -0.3 is 5.73 Å². The standard InChI is InChI=1S/C13H10Cl2N2O/c14-11-4-3-9(12(15)6-11)7-17-5-1-2-10(8-17)13(16)18/h1-6,8H,7H2,(H-,16,18)/p+1. The molecule has 1 amide bonds. The third-order valence-electron chi connectivity index (χ3n) is 2.51. The van der Waals surface area contributed by atoms with E-state index in [1.807, 2.05) is 16.8 Å². The Morgan fingerprint density at radius 2 is 2.06 bits per heavy atom. The Kier molecular flexibility index (Phi) is 3.84. The first-order valence-corrected chi connectivity index (χ1v) is 6.04. The molecule has 2 rings (SSSR count). The molecule has 1 heterocycles. The highest BCUT2D eigenvalue weighted by Gasteiger charge is 2.10. The third-order valence-corrected chi connectivity index (χ3v) is 3.10. The summed E-state index contributed by atoms with van der Waals surface area (Å²) in [6.45, 7) is 0.553. The summed E-state index contributed by atoms with van der Waals surface area (Å²) in [5.41, 5.74) is 6.61. The van der Waals surface area contributed by atoms with E-state index in [2.05, 4.69) is 0 Å². The molecule has 0 fully saturated rings. The van der Waals surface area contributed by atoms with Crippen LogP contribution in [0.4, 0.5) is 0 Å². The number of benzene rings is 1. The predicted octanol–water partition coefficient (Wildman–Crippen LogP) is 2.43. The van der Waals surface area contributed by atoms with Crippen molar-refractivity contribution in [3.8, 4) is 0 Å². The van der Waals surface area contributed by atoms with Gasteiger partial charge in [-0.2, -0.15) is 4.57 Å². The van der Waals surface area contributed by atoms with Crippen LogP contribution in [-0.4, -0.2) is 5.91 Å². The number of carbonyl (C=O) groups excluding carboxylic acids is 1. The van der Waals surface area contributed by atoms with Gasteiger partial charge in [-0.25, -0.2) is 0 Å². The Balaban J connectivity index is 2.28. The Hall–Kier alpha value is -1.58. The van der Waals surface area contributed by atoms with Gasteiger partial charge in [-0.3, -0.25) is 4.79 Å². The fourth-order valence-electron chi connectivity index (χ4n) is 1.61. The van der Waals surface area contributed by atoms with E-state index in [-0.39, 0.29) is 0 Å². The molecule has 0 aliphatic rings. The predicted molar refractivity (Wildman–Crippen MR) is 70.7 cm³/mol. The largest absolute Gasteiger partial charge is 0.365 e. The van der Waals surface area contributed by atoms with E-state index in [1.54, 1.807) is 30.5 Å². The molecule has 92 valence electrons. The fraction of sp³-hybridized carbons (Fsp3) is 0.0769. The SMILES string of the molecule is NC(=O)c1ccc[n+](Cc2ccc(Cl)cc2Cl)c1. The van der Waals surface area contributed by atoms with Crippen molar-refractivity contribution in [1.82, 2.24) is 0 Å². The molecule has 0 saturated heterocycles. The first-order chi connectivity index (χ1) is 8.56. The zero-order valence-electron chi connectivity index (χ0n) is 9.44. The topological polar surface area (TPSA) is 47.0 Å². The first-order valence-electron chi connectivity index (χ1n) is 5.29. The minimum Gasteiger partial charge on any atom is -0.365 e. The number of hydrogen-bond acceptors (Lipinski definition) is 1. The van der Waals surface area contributed by atoms with Crippen molar-refractivity contribution in [1.29, 1.82) is 0 Å². The molecule has 3 nitrogen and oxygen atoms in total. The van der Waals surface area contributed by atoms with Gasteiger partial charge in [0.25, 0.3) is 5.91 Å². The summed E-state index contributed by atoms with van der Waals surface area (Å²) in [6.07, 6.45) is 3.53. The van der Waals surface area contributed by atoms with Gasteiger partial charge in [0, 0.05) is 16.7 Å². The molecule has 0 radical (unpaired) electrons. The van der Waals surface area contributed by atoms with E-state index in [4.69, 9.17) is 28.9 Å². The molecular weight excluding hydrogens is 271 g/mol. The monoisotopic (exact) mass is 281 g/mol. The van der Waals surface area contributed by atoms with Gasteiger partial charge in [-0.1, -0.05) is 23.2 Å². The summed E-state index contributed by atoms with van der Waals surface area (Å²) >= 11 is 11.9. The number of rotatable bonds is 3. The van der Waals surface area contributed by atoms with Gasteiger partial charge in [0.05, 0.1) is 5.02 Å². The molecule has 1 aromatic carbocycles. The average molecular weight is 282 g/mol. The summed E-state index contributed by atoms with van der Waals surface area (Å²) in [4.78, 5) is 11.1. The van der Waals surface area contributed by atoms with Gasteiger partial charge in [0.15, 0.2) is 18.9 Å². The Morgan fingerprint density at radius 1 is 1.28 bits per heavy atom. The highest BCUT2D eigenvalue weighted by atomic mass is 35.5. The van der Waals surface area contributed by atoms with E-state index in [1.165, 1.54) is 0 Å². The normalized spacial score (nSPS) is 10.3. The lowest BCUT2D eigenvalue weighted by Gasteiger charge is -2.02. The zero-order valence-corrected chi connectivity index (χ0v) is 10.9. The van der Waals surface area contributed by atoms with Crippen molar-refractivity contribution in [2.75, 3.05) is 0 Å². The van der Waals surface area contributed by atoms with Gasteiger partial charge >= 0.3 is 0 Å². The van der Waals surface area contributed by atoms with E-state index in [9.17, 15) is 4.79 Å². The van der Waals surface area contributed by atoms with Crippen LogP contribution >= 0.6 is 23.2 Å². The van der Waals surface area contributed by atoms with Crippen LogP contribution in [0.2, 0.25) is 10.0 Å². The van der Waals surface area contributed by atoms with Crippen LogP contribution in [0.1, 0.15) is 15.9 Å². The van der Waals surface area contributed by atoms with Crippen LogP contribution in [0.15, 0.2) is 42.7 Å². The summed E-state index contributed by atoms with van der Waals surface area (Å²) in [5.74, 6) is -0.452. The Bertz CT molecular complexity index is 599. The van der Waals surface area contributed by atoms with E-state index in [0.717, 1.165) is 5.56 Å². The lowest BCUT2D eigenvalue weighted by Crippen LogP contribution is -2.35. The number of halogens is 2. The Labute approximate surface area is 115 Å². The number of nitrogens with two attached hydrogens (primary N) is 1. The maximum absolute atomic E-state index is 11.1. The fourth-order valence-corrected chi connectivity index (χ4v) is 2.08. The molecule has 0 aliphatic heterocycles. The molecule has 1 aromatic heterocycles.